The molecule has 0 radical (unpaired) electrons. The van der Waals surface area contributed by atoms with Crippen molar-refractivity contribution in [3.05, 3.63) is 39.9 Å². The summed E-state index contributed by atoms with van der Waals surface area (Å²) in [6, 6.07) is 5.46. The van der Waals surface area contributed by atoms with Crippen molar-refractivity contribution in [2.45, 2.75) is 19.8 Å². The van der Waals surface area contributed by atoms with Crippen LogP contribution in [-0.2, 0) is 0 Å². The van der Waals surface area contributed by atoms with Gasteiger partial charge in [0.15, 0.2) is 0 Å². The van der Waals surface area contributed by atoms with Gasteiger partial charge in [-0.15, -0.1) is 0 Å². The highest BCUT2D eigenvalue weighted by Crippen LogP contribution is 2.11. The van der Waals surface area contributed by atoms with E-state index in [4.69, 9.17) is 0 Å². The molecule has 92 valence electrons. The van der Waals surface area contributed by atoms with Gasteiger partial charge in [-0.2, -0.15) is 0 Å². The number of hydrogen-bond donors (Lipinski definition) is 2. The lowest BCUT2D eigenvalue weighted by molar-refractivity contribution is -0.384. The zero-order valence-electron chi connectivity index (χ0n) is 9.60. The highest BCUT2D eigenvalue weighted by Gasteiger charge is 2.08. The van der Waals surface area contributed by atoms with Crippen molar-refractivity contribution in [2.75, 3.05) is 6.54 Å². The number of hydrazine groups is 1. The van der Waals surface area contributed by atoms with Crippen molar-refractivity contribution in [1.29, 1.82) is 0 Å². The van der Waals surface area contributed by atoms with Gasteiger partial charge in [-0.25, -0.2) is 5.43 Å². The fraction of sp³-hybridized carbons (Fsp3) is 0.364. The van der Waals surface area contributed by atoms with Crippen molar-refractivity contribution >= 4 is 11.6 Å². The van der Waals surface area contributed by atoms with E-state index >= 15 is 0 Å². The summed E-state index contributed by atoms with van der Waals surface area (Å²) in [7, 11) is 0. The van der Waals surface area contributed by atoms with Gasteiger partial charge >= 0.3 is 0 Å². The number of benzene rings is 1. The number of non-ortho nitro benzene ring substituents is 1. The van der Waals surface area contributed by atoms with Crippen LogP contribution >= 0.6 is 0 Å². The van der Waals surface area contributed by atoms with E-state index in [2.05, 4.69) is 17.8 Å². The van der Waals surface area contributed by atoms with Crippen molar-refractivity contribution in [2.24, 2.45) is 0 Å². The molecule has 0 heterocycles. The third-order valence-corrected chi connectivity index (χ3v) is 2.20. The molecule has 6 heteroatoms. The Balaban J connectivity index is 2.49. The average molecular weight is 237 g/mol. The van der Waals surface area contributed by atoms with Crippen LogP contribution < -0.4 is 10.9 Å². The molecule has 0 unspecified atom stereocenters. The Hall–Kier alpha value is -1.95. The first-order chi connectivity index (χ1) is 8.15. The summed E-state index contributed by atoms with van der Waals surface area (Å²) in [6.45, 7) is 2.76. The van der Waals surface area contributed by atoms with Crippen molar-refractivity contribution in [3.8, 4) is 0 Å². The first kappa shape index (κ1) is 13.1. The summed E-state index contributed by atoms with van der Waals surface area (Å²) < 4.78 is 0. The standard InChI is InChI=1S/C11H15N3O3/c1-2-3-8-12-13-11(15)9-4-6-10(7-5-9)14(16)17/h4-7,12H,2-3,8H2,1H3,(H,13,15). The molecule has 17 heavy (non-hydrogen) atoms. The summed E-state index contributed by atoms with van der Waals surface area (Å²) >= 11 is 0. The first-order valence-electron chi connectivity index (χ1n) is 5.42. The van der Waals surface area contributed by atoms with Crippen LogP contribution in [0.1, 0.15) is 30.1 Å². The number of nitrogens with one attached hydrogen (secondary N) is 2. The van der Waals surface area contributed by atoms with E-state index < -0.39 is 4.92 Å². The molecule has 1 aromatic rings. The van der Waals surface area contributed by atoms with Crippen LogP contribution in [0.5, 0.6) is 0 Å². The van der Waals surface area contributed by atoms with Gasteiger partial charge in [0.1, 0.15) is 0 Å². The number of carbonyl (C=O) groups is 1. The van der Waals surface area contributed by atoms with Crippen LogP contribution in [0.3, 0.4) is 0 Å². The van der Waals surface area contributed by atoms with Gasteiger partial charge in [0.05, 0.1) is 4.92 Å². The van der Waals surface area contributed by atoms with E-state index in [1.807, 2.05) is 0 Å². The molecular formula is C11H15N3O3. The van der Waals surface area contributed by atoms with Gasteiger partial charge in [0, 0.05) is 24.2 Å². The third kappa shape index (κ3) is 4.20. The fourth-order valence-electron chi connectivity index (χ4n) is 1.21. The lowest BCUT2D eigenvalue weighted by Gasteiger charge is -2.06. The molecule has 1 rings (SSSR count). The molecule has 0 aliphatic carbocycles. The van der Waals surface area contributed by atoms with Crippen LogP contribution in [0, 0.1) is 10.1 Å². The quantitative estimate of drug-likeness (QED) is 0.447. The summed E-state index contributed by atoms with van der Waals surface area (Å²) in [5.74, 6) is -0.295. The van der Waals surface area contributed by atoms with E-state index in [-0.39, 0.29) is 11.6 Å². The maximum Gasteiger partial charge on any atom is 0.269 e. The molecule has 0 aliphatic heterocycles. The molecule has 0 aliphatic rings. The molecule has 0 fully saturated rings. The van der Waals surface area contributed by atoms with Gasteiger partial charge in [-0.3, -0.25) is 20.3 Å². The number of nitro benzene ring substituents is 1. The van der Waals surface area contributed by atoms with Crippen molar-refractivity contribution in [3.63, 3.8) is 0 Å². The summed E-state index contributed by atoms with van der Waals surface area (Å²) in [5, 5.41) is 10.4. The SMILES string of the molecule is CCCCNNC(=O)c1ccc([N+](=O)[O-])cc1. The second kappa shape index (κ2) is 6.59. The lowest BCUT2D eigenvalue weighted by Crippen LogP contribution is -2.37. The Kier molecular flexibility index (Phi) is 5.09. The zero-order valence-corrected chi connectivity index (χ0v) is 9.60. The van der Waals surface area contributed by atoms with E-state index in [9.17, 15) is 14.9 Å². The predicted octanol–water partition coefficient (Wildman–Crippen LogP) is 1.63. The maximum atomic E-state index is 11.5. The third-order valence-electron chi connectivity index (χ3n) is 2.20. The minimum atomic E-state index is -0.499. The number of amides is 1. The Labute approximate surface area is 99.1 Å². The van der Waals surface area contributed by atoms with Gasteiger partial charge in [-0.1, -0.05) is 13.3 Å². The molecule has 2 N–H and O–H groups in total. The van der Waals surface area contributed by atoms with Gasteiger partial charge < -0.3 is 0 Å². The van der Waals surface area contributed by atoms with Crippen LogP contribution in [0.15, 0.2) is 24.3 Å². The highest BCUT2D eigenvalue weighted by atomic mass is 16.6. The molecule has 0 spiro atoms. The summed E-state index contributed by atoms with van der Waals surface area (Å²) in [4.78, 5) is 21.5. The van der Waals surface area contributed by atoms with Crippen LogP contribution in [-0.4, -0.2) is 17.4 Å². The second-order valence-electron chi connectivity index (χ2n) is 3.54. The normalized spacial score (nSPS) is 9.94. The molecule has 0 atom stereocenters. The minimum Gasteiger partial charge on any atom is -0.287 e. The molecule has 1 amide bonds. The molecule has 0 bridgehead atoms. The van der Waals surface area contributed by atoms with Crippen LogP contribution in [0.25, 0.3) is 0 Å². The number of rotatable bonds is 6. The number of nitrogens with zero attached hydrogens (tertiary/aromatic N) is 1. The highest BCUT2D eigenvalue weighted by molar-refractivity contribution is 5.94. The Morgan fingerprint density at radius 1 is 1.35 bits per heavy atom. The topological polar surface area (TPSA) is 84.3 Å². The first-order valence-corrected chi connectivity index (χ1v) is 5.42. The van der Waals surface area contributed by atoms with E-state index in [0.29, 0.717) is 12.1 Å². The number of hydrogen-bond acceptors (Lipinski definition) is 4. The van der Waals surface area contributed by atoms with E-state index in [1.165, 1.54) is 24.3 Å². The number of nitro groups is 1. The lowest BCUT2D eigenvalue weighted by atomic mass is 10.2. The van der Waals surface area contributed by atoms with Crippen molar-refractivity contribution < 1.29 is 9.72 Å². The molecule has 0 saturated heterocycles. The Morgan fingerprint density at radius 3 is 2.53 bits per heavy atom. The van der Waals surface area contributed by atoms with Crippen molar-refractivity contribution in [1.82, 2.24) is 10.9 Å². The molecule has 0 aromatic heterocycles. The summed E-state index contributed by atoms with van der Waals surface area (Å²) in [6.07, 6.45) is 2.01. The fourth-order valence-corrected chi connectivity index (χ4v) is 1.21. The van der Waals surface area contributed by atoms with Crippen LogP contribution in [0.2, 0.25) is 0 Å². The Morgan fingerprint density at radius 2 is 2.00 bits per heavy atom. The maximum absolute atomic E-state index is 11.5. The average Bonchev–Trinajstić information content (AvgIpc) is 2.34. The van der Waals surface area contributed by atoms with Gasteiger partial charge in [0.2, 0.25) is 0 Å². The number of carbonyl (C=O) groups excluding carboxylic acids is 1. The van der Waals surface area contributed by atoms with Gasteiger partial charge in [-0.05, 0) is 18.6 Å². The predicted molar refractivity (Wildman–Crippen MR) is 63.5 cm³/mol. The monoisotopic (exact) mass is 237 g/mol. The van der Waals surface area contributed by atoms with E-state index in [1.54, 1.807) is 0 Å². The molecular weight excluding hydrogens is 222 g/mol. The largest absolute Gasteiger partial charge is 0.287 e. The summed E-state index contributed by atoms with van der Waals surface area (Å²) in [5.41, 5.74) is 5.67. The zero-order chi connectivity index (χ0) is 12.7. The smallest absolute Gasteiger partial charge is 0.269 e. The molecule has 0 saturated carbocycles. The number of unbranched alkanes of at least 4 members (excludes halogenated alkanes) is 1. The molecule has 6 nitrogen and oxygen atoms in total. The second-order valence-corrected chi connectivity index (χ2v) is 3.54. The minimum absolute atomic E-state index is 0.0273. The molecule has 1 aromatic carbocycles. The van der Waals surface area contributed by atoms with E-state index in [0.717, 1.165) is 12.8 Å². The Bertz CT molecular complexity index is 389. The van der Waals surface area contributed by atoms with Gasteiger partial charge in [0.25, 0.3) is 11.6 Å². The van der Waals surface area contributed by atoms with Crippen LogP contribution in [0.4, 0.5) is 5.69 Å².